The van der Waals surface area contributed by atoms with Crippen molar-refractivity contribution in [2.75, 3.05) is 19.8 Å². The molecule has 0 spiro atoms. The van der Waals surface area contributed by atoms with Gasteiger partial charge >= 0.3 is 0 Å². The van der Waals surface area contributed by atoms with Crippen LogP contribution < -0.4 is 5.32 Å². The number of ether oxygens (including phenoxy) is 1. The number of benzene rings is 1. The van der Waals surface area contributed by atoms with Gasteiger partial charge in [-0.25, -0.2) is 0 Å². The Hall–Kier alpha value is -1.06. The van der Waals surface area contributed by atoms with Crippen molar-refractivity contribution >= 4 is 0 Å². The smallest absolute Gasteiger partial charge is 0.115 e. The zero-order chi connectivity index (χ0) is 10.2. The molecule has 0 atom stereocenters. The highest BCUT2D eigenvalue weighted by Crippen LogP contribution is 2.09. The zero-order valence-electron chi connectivity index (χ0n) is 8.49. The van der Waals surface area contributed by atoms with Crippen LogP contribution in [0.25, 0.3) is 0 Å². The number of nitrogens with one attached hydrogen (secondary N) is 1. The number of aromatic hydroxyl groups is 1. The van der Waals surface area contributed by atoms with Crippen molar-refractivity contribution in [3.63, 3.8) is 0 Å². The van der Waals surface area contributed by atoms with Gasteiger partial charge in [-0.2, -0.15) is 0 Å². The largest absolute Gasteiger partial charge is 0.508 e. The molecular weight excluding hydrogens is 178 g/mol. The number of phenolic OH excluding ortho intramolecular Hbond substituents is 1. The van der Waals surface area contributed by atoms with Gasteiger partial charge in [0.15, 0.2) is 0 Å². The molecule has 0 radical (unpaired) electrons. The Bertz CT molecular complexity index is 263. The average Bonchev–Trinajstić information content (AvgIpc) is 2.18. The van der Waals surface area contributed by atoms with E-state index in [9.17, 15) is 5.11 Å². The van der Waals surface area contributed by atoms with E-state index < -0.39 is 0 Å². The fraction of sp³-hybridized carbons (Fsp3) is 0.455. The lowest BCUT2D eigenvalue weighted by Crippen LogP contribution is -2.19. The first kappa shape index (κ1) is 11.0. The second-order valence-electron chi connectivity index (χ2n) is 3.04. The Morgan fingerprint density at radius 3 is 3.00 bits per heavy atom. The summed E-state index contributed by atoms with van der Waals surface area (Å²) >= 11 is 0. The molecule has 0 saturated heterocycles. The number of phenols is 1. The minimum Gasteiger partial charge on any atom is -0.508 e. The molecule has 2 N–H and O–H groups in total. The molecule has 0 aromatic heterocycles. The predicted molar refractivity (Wildman–Crippen MR) is 56.3 cm³/mol. The summed E-state index contributed by atoms with van der Waals surface area (Å²) in [7, 11) is 0. The van der Waals surface area contributed by atoms with Crippen LogP contribution in [0.3, 0.4) is 0 Å². The van der Waals surface area contributed by atoms with Crippen molar-refractivity contribution in [2.45, 2.75) is 13.5 Å². The molecule has 78 valence electrons. The lowest BCUT2D eigenvalue weighted by molar-refractivity contribution is 0.149. The summed E-state index contributed by atoms with van der Waals surface area (Å²) in [6.07, 6.45) is 0. The van der Waals surface area contributed by atoms with Gasteiger partial charge in [0.25, 0.3) is 0 Å². The van der Waals surface area contributed by atoms with E-state index in [0.717, 1.165) is 31.9 Å². The quantitative estimate of drug-likeness (QED) is 0.676. The molecule has 3 heteroatoms. The fourth-order valence-corrected chi connectivity index (χ4v) is 1.19. The van der Waals surface area contributed by atoms with Gasteiger partial charge in [-0.1, -0.05) is 12.1 Å². The maximum atomic E-state index is 9.20. The molecule has 0 aliphatic carbocycles. The van der Waals surface area contributed by atoms with Crippen LogP contribution >= 0.6 is 0 Å². The summed E-state index contributed by atoms with van der Waals surface area (Å²) in [6, 6.07) is 7.25. The van der Waals surface area contributed by atoms with Crippen molar-refractivity contribution in [1.82, 2.24) is 5.32 Å². The summed E-state index contributed by atoms with van der Waals surface area (Å²) in [5, 5.41) is 12.4. The Balaban J connectivity index is 2.18. The van der Waals surface area contributed by atoms with Crippen LogP contribution in [-0.2, 0) is 11.3 Å². The molecule has 0 saturated carbocycles. The van der Waals surface area contributed by atoms with Crippen LogP contribution in [0.1, 0.15) is 12.5 Å². The van der Waals surface area contributed by atoms with Crippen molar-refractivity contribution in [2.24, 2.45) is 0 Å². The first-order valence-corrected chi connectivity index (χ1v) is 4.89. The Kier molecular flexibility index (Phi) is 5.04. The third-order valence-corrected chi connectivity index (χ3v) is 1.87. The average molecular weight is 195 g/mol. The highest BCUT2D eigenvalue weighted by atomic mass is 16.5. The highest BCUT2D eigenvalue weighted by molar-refractivity contribution is 5.26. The summed E-state index contributed by atoms with van der Waals surface area (Å²) < 4.78 is 5.18. The third kappa shape index (κ3) is 4.25. The molecule has 0 amide bonds. The van der Waals surface area contributed by atoms with Gasteiger partial charge in [0.05, 0.1) is 6.61 Å². The Morgan fingerprint density at radius 1 is 1.43 bits per heavy atom. The molecule has 14 heavy (non-hydrogen) atoms. The Morgan fingerprint density at radius 2 is 2.29 bits per heavy atom. The molecule has 0 aliphatic rings. The molecule has 0 aliphatic heterocycles. The number of hydrogen-bond donors (Lipinski definition) is 2. The first-order chi connectivity index (χ1) is 6.83. The summed E-state index contributed by atoms with van der Waals surface area (Å²) in [6.45, 7) is 5.07. The van der Waals surface area contributed by atoms with E-state index in [0.29, 0.717) is 5.75 Å². The monoisotopic (exact) mass is 195 g/mol. The second kappa shape index (κ2) is 6.40. The van der Waals surface area contributed by atoms with Crippen LogP contribution in [0.4, 0.5) is 0 Å². The van der Waals surface area contributed by atoms with Gasteiger partial charge in [0.1, 0.15) is 5.75 Å². The maximum absolute atomic E-state index is 9.20. The van der Waals surface area contributed by atoms with Gasteiger partial charge in [0, 0.05) is 19.7 Å². The van der Waals surface area contributed by atoms with E-state index in [-0.39, 0.29) is 0 Å². The van der Waals surface area contributed by atoms with E-state index in [2.05, 4.69) is 5.32 Å². The third-order valence-electron chi connectivity index (χ3n) is 1.87. The fourth-order valence-electron chi connectivity index (χ4n) is 1.19. The van der Waals surface area contributed by atoms with Crippen molar-refractivity contribution in [3.8, 4) is 5.75 Å². The normalized spacial score (nSPS) is 10.4. The van der Waals surface area contributed by atoms with Crippen LogP contribution in [0.5, 0.6) is 5.75 Å². The lowest BCUT2D eigenvalue weighted by Gasteiger charge is -2.05. The van der Waals surface area contributed by atoms with Gasteiger partial charge < -0.3 is 15.2 Å². The minimum atomic E-state index is 0.314. The number of hydrogen-bond acceptors (Lipinski definition) is 3. The summed E-state index contributed by atoms with van der Waals surface area (Å²) in [4.78, 5) is 0. The SMILES string of the molecule is CCOCCNCc1cccc(O)c1. The van der Waals surface area contributed by atoms with E-state index in [1.807, 2.05) is 19.1 Å². The van der Waals surface area contributed by atoms with Crippen molar-refractivity contribution in [3.05, 3.63) is 29.8 Å². The standard InChI is InChI=1S/C11H17NO2/c1-2-14-7-6-12-9-10-4-3-5-11(13)8-10/h3-5,8,12-13H,2,6-7,9H2,1H3. The first-order valence-electron chi connectivity index (χ1n) is 4.89. The highest BCUT2D eigenvalue weighted by Gasteiger charge is 1.93. The van der Waals surface area contributed by atoms with Crippen LogP contribution in [0.2, 0.25) is 0 Å². The molecule has 3 nitrogen and oxygen atoms in total. The predicted octanol–water partition coefficient (Wildman–Crippen LogP) is 1.52. The van der Waals surface area contributed by atoms with Crippen molar-refractivity contribution in [1.29, 1.82) is 0 Å². The molecule has 0 unspecified atom stereocenters. The molecule has 0 fully saturated rings. The zero-order valence-corrected chi connectivity index (χ0v) is 8.49. The van der Waals surface area contributed by atoms with E-state index >= 15 is 0 Å². The van der Waals surface area contributed by atoms with Crippen LogP contribution in [0, 0.1) is 0 Å². The summed E-state index contributed by atoms with van der Waals surface area (Å²) in [5.74, 6) is 0.314. The van der Waals surface area contributed by atoms with E-state index in [1.54, 1.807) is 12.1 Å². The molecule has 0 heterocycles. The topological polar surface area (TPSA) is 41.5 Å². The van der Waals surface area contributed by atoms with Gasteiger partial charge in [-0.05, 0) is 24.6 Å². The molecule has 1 aromatic rings. The minimum absolute atomic E-state index is 0.314. The second-order valence-corrected chi connectivity index (χ2v) is 3.04. The van der Waals surface area contributed by atoms with Crippen LogP contribution in [0.15, 0.2) is 24.3 Å². The molecular formula is C11H17NO2. The Labute approximate surface area is 84.7 Å². The lowest BCUT2D eigenvalue weighted by atomic mass is 10.2. The van der Waals surface area contributed by atoms with E-state index in [1.165, 1.54) is 0 Å². The van der Waals surface area contributed by atoms with Gasteiger partial charge in [-0.3, -0.25) is 0 Å². The van der Waals surface area contributed by atoms with Gasteiger partial charge in [-0.15, -0.1) is 0 Å². The summed E-state index contributed by atoms with van der Waals surface area (Å²) in [5.41, 5.74) is 1.08. The number of rotatable bonds is 6. The van der Waals surface area contributed by atoms with Crippen LogP contribution in [-0.4, -0.2) is 24.9 Å². The van der Waals surface area contributed by atoms with E-state index in [4.69, 9.17) is 4.74 Å². The maximum Gasteiger partial charge on any atom is 0.115 e. The van der Waals surface area contributed by atoms with Gasteiger partial charge in [0.2, 0.25) is 0 Å². The molecule has 0 bridgehead atoms. The molecule has 1 aromatic carbocycles. The van der Waals surface area contributed by atoms with Crippen molar-refractivity contribution < 1.29 is 9.84 Å². The molecule has 1 rings (SSSR count).